The standard InChI is InChI=1S/C17H15Br/c1-14-6-8-15(9-7-14)4-2-3-5-16-10-12-17(18)13-11-16/h2-13H,1H3/b4-2+,5-3+. The van der Waals surface area contributed by atoms with Gasteiger partial charge in [-0.05, 0) is 30.2 Å². The first-order valence-electron chi connectivity index (χ1n) is 5.91. The van der Waals surface area contributed by atoms with E-state index in [0.717, 1.165) is 4.47 Å². The summed E-state index contributed by atoms with van der Waals surface area (Å²) >= 11 is 3.43. The van der Waals surface area contributed by atoms with Crippen molar-refractivity contribution in [2.75, 3.05) is 0 Å². The van der Waals surface area contributed by atoms with Crippen molar-refractivity contribution in [2.45, 2.75) is 6.92 Å². The van der Waals surface area contributed by atoms with Crippen molar-refractivity contribution >= 4 is 28.1 Å². The number of rotatable bonds is 3. The highest BCUT2D eigenvalue weighted by molar-refractivity contribution is 9.10. The summed E-state index contributed by atoms with van der Waals surface area (Å²) in [6, 6.07) is 16.8. The van der Waals surface area contributed by atoms with Crippen molar-refractivity contribution in [3.63, 3.8) is 0 Å². The molecule has 2 aromatic rings. The maximum atomic E-state index is 3.43. The Bertz CT molecular complexity index is 492. The second kappa shape index (κ2) is 6.36. The van der Waals surface area contributed by atoms with E-state index < -0.39 is 0 Å². The Labute approximate surface area is 117 Å². The third-order valence-electron chi connectivity index (χ3n) is 2.64. The van der Waals surface area contributed by atoms with Crippen LogP contribution in [-0.4, -0.2) is 0 Å². The highest BCUT2D eigenvalue weighted by atomic mass is 79.9. The molecule has 0 saturated heterocycles. The number of aryl methyl sites for hydroxylation is 1. The van der Waals surface area contributed by atoms with Crippen LogP contribution < -0.4 is 0 Å². The van der Waals surface area contributed by atoms with E-state index in [9.17, 15) is 0 Å². The third kappa shape index (κ3) is 4.01. The van der Waals surface area contributed by atoms with E-state index in [-0.39, 0.29) is 0 Å². The van der Waals surface area contributed by atoms with E-state index in [1.54, 1.807) is 0 Å². The molecule has 18 heavy (non-hydrogen) atoms. The van der Waals surface area contributed by atoms with Crippen molar-refractivity contribution in [3.8, 4) is 0 Å². The van der Waals surface area contributed by atoms with Crippen LogP contribution >= 0.6 is 15.9 Å². The fourth-order valence-corrected chi connectivity index (χ4v) is 1.85. The molecule has 0 spiro atoms. The molecule has 90 valence electrons. The molecule has 0 aliphatic carbocycles. The zero-order valence-corrected chi connectivity index (χ0v) is 11.9. The first-order chi connectivity index (χ1) is 8.74. The molecule has 0 aliphatic heterocycles. The van der Waals surface area contributed by atoms with Crippen LogP contribution in [0.4, 0.5) is 0 Å². The monoisotopic (exact) mass is 298 g/mol. The molecule has 0 saturated carbocycles. The van der Waals surface area contributed by atoms with Gasteiger partial charge in [0.25, 0.3) is 0 Å². The lowest BCUT2D eigenvalue weighted by Gasteiger charge is -1.94. The maximum absolute atomic E-state index is 3.43. The summed E-state index contributed by atoms with van der Waals surface area (Å²) in [4.78, 5) is 0. The maximum Gasteiger partial charge on any atom is 0.0175 e. The smallest absolute Gasteiger partial charge is 0.0175 e. The van der Waals surface area contributed by atoms with E-state index in [1.807, 2.05) is 12.1 Å². The number of hydrogen-bond acceptors (Lipinski definition) is 0. The summed E-state index contributed by atoms with van der Waals surface area (Å²) in [5.74, 6) is 0. The Kier molecular flexibility index (Phi) is 4.54. The summed E-state index contributed by atoms with van der Waals surface area (Å²) in [7, 11) is 0. The normalized spacial score (nSPS) is 11.4. The van der Waals surface area contributed by atoms with Crippen molar-refractivity contribution in [3.05, 3.63) is 81.8 Å². The van der Waals surface area contributed by atoms with Gasteiger partial charge in [0.2, 0.25) is 0 Å². The van der Waals surface area contributed by atoms with E-state index >= 15 is 0 Å². The first kappa shape index (κ1) is 12.8. The Morgan fingerprint density at radius 2 is 1.17 bits per heavy atom. The summed E-state index contributed by atoms with van der Waals surface area (Å²) in [5, 5.41) is 0. The predicted octanol–water partition coefficient (Wildman–Crippen LogP) is 5.48. The molecule has 0 unspecified atom stereocenters. The largest absolute Gasteiger partial charge is 0.0617 e. The molecular weight excluding hydrogens is 284 g/mol. The minimum atomic E-state index is 1.11. The molecule has 0 N–H and O–H groups in total. The fourth-order valence-electron chi connectivity index (χ4n) is 1.58. The van der Waals surface area contributed by atoms with Gasteiger partial charge >= 0.3 is 0 Å². The van der Waals surface area contributed by atoms with Crippen molar-refractivity contribution < 1.29 is 0 Å². The average Bonchev–Trinajstić information content (AvgIpc) is 2.39. The van der Waals surface area contributed by atoms with Gasteiger partial charge in [-0.25, -0.2) is 0 Å². The zero-order chi connectivity index (χ0) is 12.8. The highest BCUT2D eigenvalue weighted by Crippen LogP contribution is 2.11. The molecule has 0 bridgehead atoms. The molecule has 0 aromatic heterocycles. The van der Waals surface area contributed by atoms with Crippen LogP contribution in [0.3, 0.4) is 0 Å². The number of halogens is 1. The van der Waals surface area contributed by atoms with Gasteiger partial charge in [0.1, 0.15) is 0 Å². The summed E-state index contributed by atoms with van der Waals surface area (Å²) < 4.78 is 1.11. The van der Waals surface area contributed by atoms with Crippen molar-refractivity contribution in [1.29, 1.82) is 0 Å². The predicted molar refractivity (Wildman–Crippen MR) is 83.4 cm³/mol. The van der Waals surface area contributed by atoms with Crippen molar-refractivity contribution in [2.24, 2.45) is 0 Å². The summed E-state index contributed by atoms with van der Waals surface area (Å²) in [6.45, 7) is 2.10. The lowest BCUT2D eigenvalue weighted by molar-refractivity contribution is 1.46. The summed E-state index contributed by atoms with van der Waals surface area (Å²) in [6.07, 6.45) is 8.32. The van der Waals surface area contributed by atoms with Gasteiger partial charge in [0, 0.05) is 4.47 Å². The molecule has 0 aliphatic rings. The minimum Gasteiger partial charge on any atom is -0.0617 e. The van der Waals surface area contributed by atoms with Crippen LogP contribution in [0.5, 0.6) is 0 Å². The van der Waals surface area contributed by atoms with Crippen LogP contribution in [0, 0.1) is 6.92 Å². The Hall–Kier alpha value is -1.60. The van der Waals surface area contributed by atoms with E-state index in [4.69, 9.17) is 0 Å². The third-order valence-corrected chi connectivity index (χ3v) is 3.16. The molecule has 0 atom stereocenters. The fraction of sp³-hybridized carbons (Fsp3) is 0.0588. The lowest BCUT2D eigenvalue weighted by Crippen LogP contribution is -1.72. The Morgan fingerprint density at radius 3 is 1.67 bits per heavy atom. The Balaban J connectivity index is 1.98. The van der Waals surface area contributed by atoms with E-state index in [1.165, 1.54) is 16.7 Å². The number of allylic oxidation sites excluding steroid dienone is 2. The highest BCUT2D eigenvalue weighted by Gasteiger charge is 1.87. The van der Waals surface area contributed by atoms with Gasteiger partial charge in [0.05, 0.1) is 0 Å². The summed E-state index contributed by atoms with van der Waals surface area (Å²) in [5.41, 5.74) is 3.71. The number of benzene rings is 2. The second-order valence-corrected chi connectivity index (χ2v) is 5.10. The van der Waals surface area contributed by atoms with Crippen LogP contribution in [0.2, 0.25) is 0 Å². The van der Waals surface area contributed by atoms with Gasteiger partial charge in [-0.15, -0.1) is 0 Å². The van der Waals surface area contributed by atoms with Crippen molar-refractivity contribution in [1.82, 2.24) is 0 Å². The van der Waals surface area contributed by atoms with Gasteiger partial charge in [-0.3, -0.25) is 0 Å². The zero-order valence-electron chi connectivity index (χ0n) is 10.3. The van der Waals surface area contributed by atoms with Gasteiger partial charge in [0.15, 0.2) is 0 Å². The minimum absolute atomic E-state index is 1.11. The molecule has 1 heteroatoms. The topological polar surface area (TPSA) is 0 Å². The van der Waals surface area contributed by atoms with Gasteiger partial charge < -0.3 is 0 Å². The SMILES string of the molecule is Cc1ccc(/C=C/C=C/c2ccc(Br)cc2)cc1. The quantitative estimate of drug-likeness (QED) is 0.658. The van der Waals surface area contributed by atoms with E-state index in [0.29, 0.717) is 0 Å². The average molecular weight is 299 g/mol. The molecule has 0 radical (unpaired) electrons. The molecule has 0 nitrogen and oxygen atoms in total. The van der Waals surface area contributed by atoms with Crippen LogP contribution in [-0.2, 0) is 0 Å². The first-order valence-corrected chi connectivity index (χ1v) is 6.70. The molecule has 2 aromatic carbocycles. The molecule has 0 fully saturated rings. The number of hydrogen-bond donors (Lipinski definition) is 0. The van der Waals surface area contributed by atoms with Gasteiger partial charge in [-0.1, -0.05) is 82.2 Å². The van der Waals surface area contributed by atoms with Crippen LogP contribution in [0.1, 0.15) is 16.7 Å². The molecule has 2 rings (SSSR count). The molecule has 0 amide bonds. The van der Waals surface area contributed by atoms with E-state index in [2.05, 4.69) is 83.6 Å². The molecular formula is C17H15Br. The Morgan fingerprint density at radius 1 is 0.722 bits per heavy atom. The van der Waals surface area contributed by atoms with Crippen LogP contribution in [0.15, 0.2) is 65.2 Å². The molecule has 0 heterocycles. The van der Waals surface area contributed by atoms with Gasteiger partial charge in [-0.2, -0.15) is 0 Å². The van der Waals surface area contributed by atoms with Crippen LogP contribution in [0.25, 0.3) is 12.2 Å². The lowest BCUT2D eigenvalue weighted by atomic mass is 10.1. The second-order valence-electron chi connectivity index (χ2n) is 4.18.